The molecule has 1 aliphatic rings. The highest BCUT2D eigenvalue weighted by Crippen LogP contribution is 2.24. The second-order valence-corrected chi connectivity index (χ2v) is 5.18. The quantitative estimate of drug-likeness (QED) is 0.874. The molecule has 1 saturated heterocycles. The van der Waals surface area contributed by atoms with Crippen molar-refractivity contribution in [3.63, 3.8) is 0 Å². The largest absolute Gasteiger partial charge is 0.475 e. The van der Waals surface area contributed by atoms with Gasteiger partial charge in [0.2, 0.25) is 5.76 Å². The fourth-order valence-corrected chi connectivity index (χ4v) is 2.72. The molecule has 0 radical (unpaired) electrons. The highest BCUT2D eigenvalue weighted by Gasteiger charge is 2.23. The first-order chi connectivity index (χ1) is 8.60. The molecule has 0 spiro atoms. The van der Waals surface area contributed by atoms with Gasteiger partial charge in [-0.3, -0.25) is 4.90 Å². The van der Waals surface area contributed by atoms with E-state index in [1.807, 2.05) is 6.92 Å². The van der Waals surface area contributed by atoms with Crippen LogP contribution < -0.4 is 0 Å². The van der Waals surface area contributed by atoms with E-state index in [9.17, 15) is 4.79 Å². The second kappa shape index (κ2) is 5.57. The zero-order valence-electron chi connectivity index (χ0n) is 11.1. The Labute approximate surface area is 108 Å². The van der Waals surface area contributed by atoms with Gasteiger partial charge >= 0.3 is 5.97 Å². The maximum absolute atomic E-state index is 10.8. The summed E-state index contributed by atoms with van der Waals surface area (Å²) in [7, 11) is 0. The van der Waals surface area contributed by atoms with Crippen molar-refractivity contribution in [2.75, 3.05) is 13.1 Å². The molecule has 4 nitrogen and oxygen atoms in total. The smallest absolute Gasteiger partial charge is 0.371 e. The summed E-state index contributed by atoms with van der Waals surface area (Å²) in [5.74, 6) is 0.592. The first-order valence-corrected chi connectivity index (χ1v) is 6.65. The van der Waals surface area contributed by atoms with Crippen LogP contribution in [0.5, 0.6) is 0 Å². The molecule has 0 saturated carbocycles. The number of hydrogen-bond donors (Lipinski definition) is 1. The number of aromatic carboxylic acids is 1. The summed E-state index contributed by atoms with van der Waals surface area (Å²) in [4.78, 5) is 13.2. The van der Waals surface area contributed by atoms with Crippen molar-refractivity contribution < 1.29 is 14.3 Å². The van der Waals surface area contributed by atoms with Gasteiger partial charge in [-0.25, -0.2) is 4.79 Å². The Bertz CT molecular complexity index is 425. The monoisotopic (exact) mass is 251 g/mol. The lowest BCUT2D eigenvalue weighted by atomic mass is 10.0. The van der Waals surface area contributed by atoms with E-state index in [-0.39, 0.29) is 5.76 Å². The van der Waals surface area contributed by atoms with Crippen LogP contribution in [-0.2, 0) is 6.54 Å². The van der Waals surface area contributed by atoms with Crippen LogP contribution in [0, 0.1) is 12.8 Å². The fraction of sp³-hybridized carbons (Fsp3) is 0.643. The number of furan rings is 1. The summed E-state index contributed by atoms with van der Waals surface area (Å²) >= 11 is 0. The lowest BCUT2D eigenvalue weighted by molar-refractivity contribution is 0.0661. The molecule has 1 aromatic rings. The van der Waals surface area contributed by atoms with Crippen LogP contribution in [0.1, 0.15) is 48.1 Å². The third-order valence-corrected chi connectivity index (χ3v) is 3.69. The number of hydrogen-bond acceptors (Lipinski definition) is 3. The minimum absolute atomic E-state index is 0.0480. The summed E-state index contributed by atoms with van der Waals surface area (Å²) < 4.78 is 5.23. The van der Waals surface area contributed by atoms with Gasteiger partial charge < -0.3 is 9.52 Å². The van der Waals surface area contributed by atoms with Crippen molar-refractivity contribution in [1.82, 2.24) is 4.90 Å². The Hall–Kier alpha value is -1.29. The van der Waals surface area contributed by atoms with E-state index >= 15 is 0 Å². The third kappa shape index (κ3) is 2.93. The minimum atomic E-state index is -0.991. The fourth-order valence-electron chi connectivity index (χ4n) is 2.72. The van der Waals surface area contributed by atoms with Gasteiger partial charge in [0.1, 0.15) is 5.76 Å². The molecule has 1 N–H and O–H groups in total. The topological polar surface area (TPSA) is 53.7 Å². The van der Waals surface area contributed by atoms with Crippen molar-refractivity contribution >= 4 is 5.97 Å². The first-order valence-electron chi connectivity index (χ1n) is 6.65. The SMILES string of the molecule is CCCC1CCN(Cc2cc(C(=O)O)oc2C)C1. The van der Waals surface area contributed by atoms with Crippen LogP contribution in [0.15, 0.2) is 10.5 Å². The van der Waals surface area contributed by atoms with Crippen LogP contribution >= 0.6 is 0 Å². The molecule has 2 heterocycles. The zero-order chi connectivity index (χ0) is 13.1. The van der Waals surface area contributed by atoms with Gasteiger partial charge in [-0.2, -0.15) is 0 Å². The average Bonchev–Trinajstić information content (AvgIpc) is 2.88. The number of carbonyl (C=O) groups is 1. The van der Waals surface area contributed by atoms with E-state index < -0.39 is 5.97 Å². The molecule has 4 heteroatoms. The molecule has 1 aliphatic heterocycles. The normalized spacial score (nSPS) is 20.4. The first kappa shape index (κ1) is 13.1. The molecule has 100 valence electrons. The second-order valence-electron chi connectivity index (χ2n) is 5.18. The Morgan fingerprint density at radius 2 is 2.39 bits per heavy atom. The predicted octanol–water partition coefficient (Wildman–Crippen LogP) is 2.91. The van der Waals surface area contributed by atoms with E-state index in [0.29, 0.717) is 0 Å². The van der Waals surface area contributed by atoms with Crippen LogP contribution in [0.2, 0.25) is 0 Å². The number of carboxylic acid groups (broad SMARTS) is 1. The lowest BCUT2D eigenvalue weighted by Crippen LogP contribution is -2.20. The van der Waals surface area contributed by atoms with Gasteiger partial charge in [0.25, 0.3) is 0 Å². The van der Waals surface area contributed by atoms with Gasteiger partial charge in [-0.05, 0) is 38.3 Å². The molecule has 0 amide bonds. The maximum Gasteiger partial charge on any atom is 0.371 e. The van der Waals surface area contributed by atoms with Gasteiger partial charge in [-0.15, -0.1) is 0 Å². The van der Waals surface area contributed by atoms with E-state index in [1.165, 1.54) is 19.3 Å². The molecule has 0 aliphatic carbocycles. The van der Waals surface area contributed by atoms with Crippen molar-refractivity contribution in [2.24, 2.45) is 5.92 Å². The molecular weight excluding hydrogens is 230 g/mol. The summed E-state index contributed by atoms with van der Waals surface area (Å²) in [6.07, 6.45) is 3.80. The van der Waals surface area contributed by atoms with E-state index in [1.54, 1.807) is 6.07 Å². The predicted molar refractivity (Wildman–Crippen MR) is 68.7 cm³/mol. The average molecular weight is 251 g/mol. The molecule has 1 unspecified atom stereocenters. The highest BCUT2D eigenvalue weighted by molar-refractivity contribution is 5.84. The van der Waals surface area contributed by atoms with Crippen molar-refractivity contribution in [2.45, 2.75) is 39.7 Å². The molecule has 0 bridgehead atoms. The summed E-state index contributed by atoms with van der Waals surface area (Å²) in [5.41, 5.74) is 1.00. The lowest BCUT2D eigenvalue weighted by Gasteiger charge is -2.15. The number of likely N-dealkylation sites (tertiary alicyclic amines) is 1. The van der Waals surface area contributed by atoms with E-state index in [4.69, 9.17) is 9.52 Å². The summed E-state index contributed by atoms with van der Waals surface area (Å²) in [6, 6.07) is 1.66. The van der Waals surface area contributed by atoms with Gasteiger partial charge in [0.05, 0.1) is 0 Å². The maximum atomic E-state index is 10.8. The number of aryl methyl sites for hydroxylation is 1. The third-order valence-electron chi connectivity index (χ3n) is 3.69. The van der Waals surface area contributed by atoms with Crippen molar-refractivity contribution in [3.05, 3.63) is 23.2 Å². The standard InChI is InChI=1S/C14H21NO3/c1-3-4-11-5-6-15(8-11)9-12-7-13(14(16)17)18-10(12)2/h7,11H,3-6,8-9H2,1-2H3,(H,16,17). The van der Waals surface area contributed by atoms with E-state index in [0.717, 1.165) is 36.9 Å². The molecule has 0 aromatic carbocycles. The van der Waals surface area contributed by atoms with Gasteiger partial charge in [-0.1, -0.05) is 13.3 Å². The van der Waals surface area contributed by atoms with Crippen LogP contribution in [0.4, 0.5) is 0 Å². The van der Waals surface area contributed by atoms with E-state index in [2.05, 4.69) is 11.8 Å². The van der Waals surface area contributed by atoms with Gasteiger partial charge in [0.15, 0.2) is 0 Å². The Kier molecular flexibility index (Phi) is 4.07. The van der Waals surface area contributed by atoms with Crippen molar-refractivity contribution in [3.8, 4) is 0 Å². The Morgan fingerprint density at radius 3 is 3.00 bits per heavy atom. The number of nitrogens with zero attached hydrogens (tertiary/aromatic N) is 1. The number of rotatable bonds is 5. The molecule has 1 atom stereocenters. The van der Waals surface area contributed by atoms with Crippen molar-refractivity contribution in [1.29, 1.82) is 0 Å². The van der Waals surface area contributed by atoms with Crippen LogP contribution in [-0.4, -0.2) is 29.1 Å². The van der Waals surface area contributed by atoms with Gasteiger partial charge in [0, 0.05) is 18.7 Å². The Balaban J connectivity index is 1.96. The molecule has 18 heavy (non-hydrogen) atoms. The number of carboxylic acids is 1. The molecule has 1 aromatic heterocycles. The minimum Gasteiger partial charge on any atom is -0.475 e. The zero-order valence-corrected chi connectivity index (χ0v) is 11.1. The van der Waals surface area contributed by atoms with Crippen LogP contribution in [0.25, 0.3) is 0 Å². The molecular formula is C14H21NO3. The highest BCUT2D eigenvalue weighted by atomic mass is 16.4. The molecule has 2 rings (SSSR count). The Morgan fingerprint density at radius 1 is 1.61 bits per heavy atom. The van der Waals surface area contributed by atoms with Crippen LogP contribution in [0.3, 0.4) is 0 Å². The molecule has 1 fully saturated rings. The summed E-state index contributed by atoms with van der Waals surface area (Å²) in [5, 5.41) is 8.89. The summed E-state index contributed by atoms with van der Waals surface area (Å²) in [6.45, 7) is 7.10.